The van der Waals surface area contributed by atoms with Crippen LogP contribution in [0.2, 0.25) is 0 Å². The van der Waals surface area contributed by atoms with E-state index in [0.29, 0.717) is 24.6 Å². The van der Waals surface area contributed by atoms with Crippen LogP contribution in [-0.2, 0) is 43.9 Å². The first-order chi connectivity index (χ1) is 20.3. The SMILES string of the molecule is CCCc1nc(-c2[c-]cc(F)cc2F)n(Cc2cc(-c3ccc(C(C)(C)C)cc3)cc(-c3ccc(C(C)(C)C)cc3)c2)n1.[Ir]. The van der Waals surface area contributed by atoms with Crippen molar-refractivity contribution in [2.45, 2.75) is 78.7 Å². The maximum Gasteiger partial charge on any atom is 0.140 e. The van der Waals surface area contributed by atoms with E-state index in [2.05, 4.69) is 126 Å². The summed E-state index contributed by atoms with van der Waals surface area (Å²) in [5.41, 5.74) is 8.20. The molecule has 0 saturated heterocycles. The van der Waals surface area contributed by atoms with Crippen LogP contribution in [-0.4, -0.2) is 14.8 Å². The molecule has 1 radical (unpaired) electrons. The summed E-state index contributed by atoms with van der Waals surface area (Å²) in [5, 5.41) is 4.74. The second-order valence-electron chi connectivity index (χ2n) is 13.4. The minimum Gasteiger partial charge on any atom is -0.281 e. The molecule has 0 bridgehead atoms. The van der Waals surface area contributed by atoms with Gasteiger partial charge in [-0.3, -0.25) is 18.4 Å². The molecule has 0 aliphatic rings. The molecule has 5 rings (SSSR count). The van der Waals surface area contributed by atoms with Crippen LogP contribution in [0.15, 0.2) is 78.9 Å². The van der Waals surface area contributed by atoms with Crippen LogP contribution in [0.25, 0.3) is 33.6 Å². The van der Waals surface area contributed by atoms with Crippen LogP contribution in [0.1, 0.15) is 77.4 Å². The summed E-state index contributed by atoms with van der Waals surface area (Å²) in [7, 11) is 0. The Morgan fingerprint density at radius 1 is 0.727 bits per heavy atom. The molecule has 44 heavy (non-hydrogen) atoms. The predicted molar refractivity (Wildman–Crippen MR) is 172 cm³/mol. The Labute approximate surface area is 274 Å². The first kappa shape index (κ1) is 33.4. The van der Waals surface area contributed by atoms with Gasteiger partial charge in [0.2, 0.25) is 0 Å². The quantitative estimate of drug-likeness (QED) is 0.155. The first-order valence-electron chi connectivity index (χ1n) is 15.0. The van der Waals surface area contributed by atoms with E-state index in [1.165, 1.54) is 11.1 Å². The predicted octanol–water partition coefficient (Wildman–Crippen LogP) is 9.95. The molecule has 0 fully saturated rings. The van der Waals surface area contributed by atoms with Crippen molar-refractivity contribution < 1.29 is 28.9 Å². The van der Waals surface area contributed by atoms with Gasteiger partial charge in [0.05, 0.1) is 12.4 Å². The number of aromatic nitrogens is 3. The van der Waals surface area contributed by atoms with Crippen LogP contribution in [0.4, 0.5) is 8.78 Å². The van der Waals surface area contributed by atoms with Gasteiger partial charge in [-0.1, -0.05) is 109 Å². The molecule has 1 heterocycles. The Bertz CT molecular complexity index is 1650. The third-order valence-electron chi connectivity index (χ3n) is 7.76. The molecule has 0 amide bonds. The van der Waals surface area contributed by atoms with Crippen LogP contribution in [0.5, 0.6) is 0 Å². The maximum atomic E-state index is 14.9. The number of benzene rings is 4. The topological polar surface area (TPSA) is 30.7 Å². The van der Waals surface area contributed by atoms with E-state index in [4.69, 9.17) is 5.10 Å². The zero-order valence-electron chi connectivity index (χ0n) is 26.6. The normalized spacial score (nSPS) is 11.8. The van der Waals surface area contributed by atoms with E-state index in [1.807, 2.05) is 0 Å². The number of hydrogen-bond acceptors (Lipinski definition) is 2. The standard InChI is InChI=1S/C38H40F2N3.Ir/c1-8-9-35-41-36(33-19-18-32(39)23-34(33)40)43(42-35)24-25-20-28(26-10-14-30(15-11-26)37(2,3)4)22-29(21-25)27-12-16-31(17-13-27)38(5,6)7;/h10-18,20-23H,8-9,24H2,1-7H3;/q-1;. The molecule has 0 saturated carbocycles. The van der Waals surface area contributed by atoms with Crippen molar-refractivity contribution >= 4 is 0 Å². The molecule has 6 heteroatoms. The van der Waals surface area contributed by atoms with Crippen LogP contribution in [0, 0.1) is 17.7 Å². The molecular formula is C38H40F2IrN3-. The van der Waals surface area contributed by atoms with E-state index in [9.17, 15) is 8.78 Å². The fourth-order valence-electron chi connectivity index (χ4n) is 5.24. The van der Waals surface area contributed by atoms with E-state index in [-0.39, 0.29) is 36.5 Å². The summed E-state index contributed by atoms with van der Waals surface area (Å²) in [6.45, 7) is 15.7. The molecular weight excluding hydrogens is 729 g/mol. The molecule has 0 aliphatic carbocycles. The van der Waals surface area contributed by atoms with Gasteiger partial charge >= 0.3 is 0 Å². The second-order valence-corrected chi connectivity index (χ2v) is 13.4. The first-order valence-corrected chi connectivity index (χ1v) is 15.0. The Morgan fingerprint density at radius 2 is 1.25 bits per heavy atom. The second kappa shape index (κ2) is 13.3. The van der Waals surface area contributed by atoms with Gasteiger partial charge in [-0.25, -0.2) is 0 Å². The maximum absolute atomic E-state index is 14.9. The van der Waals surface area contributed by atoms with Gasteiger partial charge in [-0.15, -0.1) is 12.1 Å². The Balaban J connectivity index is 0.00000442. The van der Waals surface area contributed by atoms with Crippen molar-refractivity contribution in [1.82, 2.24) is 14.8 Å². The van der Waals surface area contributed by atoms with Gasteiger partial charge in [0.25, 0.3) is 0 Å². The molecule has 0 unspecified atom stereocenters. The molecule has 0 N–H and O–H groups in total. The van der Waals surface area contributed by atoms with E-state index in [0.717, 1.165) is 46.4 Å². The summed E-state index contributed by atoms with van der Waals surface area (Å²) in [6, 6.07) is 28.8. The largest absolute Gasteiger partial charge is 0.281 e. The number of rotatable bonds is 7. The third kappa shape index (κ3) is 7.59. The molecule has 0 aliphatic heterocycles. The van der Waals surface area contributed by atoms with Gasteiger partial charge in [0.1, 0.15) is 5.82 Å². The number of hydrogen-bond donors (Lipinski definition) is 0. The van der Waals surface area contributed by atoms with Gasteiger partial charge in [-0.2, -0.15) is 5.10 Å². The van der Waals surface area contributed by atoms with Crippen molar-refractivity contribution in [2.75, 3.05) is 0 Å². The average Bonchev–Trinajstić information content (AvgIpc) is 3.33. The van der Waals surface area contributed by atoms with Crippen LogP contribution >= 0.6 is 0 Å². The molecule has 0 atom stereocenters. The van der Waals surface area contributed by atoms with Crippen LogP contribution < -0.4 is 0 Å². The summed E-state index contributed by atoms with van der Waals surface area (Å²) in [4.78, 5) is 4.64. The van der Waals surface area contributed by atoms with Crippen molar-refractivity contribution in [2.24, 2.45) is 0 Å². The molecule has 1 aromatic heterocycles. The molecule has 3 nitrogen and oxygen atoms in total. The zero-order chi connectivity index (χ0) is 30.9. The van der Waals surface area contributed by atoms with Crippen molar-refractivity contribution in [3.05, 3.63) is 119 Å². The molecule has 5 aromatic rings. The smallest absolute Gasteiger partial charge is 0.140 e. The fourth-order valence-corrected chi connectivity index (χ4v) is 5.24. The molecule has 4 aromatic carbocycles. The van der Waals surface area contributed by atoms with E-state index in [1.54, 1.807) is 4.68 Å². The Morgan fingerprint density at radius 3 is 1.70 bits per heavy atom. The summed E-state index contributed by atoms with van der Waals surface area (Å²) in [5.74, 6) is -0.407. The average molecular weight is 769 g/mol. The molecule has 0 spiro atoms. The van der Waals surface area contributed by atoms with Crippen molar-refractivity contribution in [3.63, 3.8) is 0 Å². The van der Waals surface area contributed by atoms with Crippen molar-refractivity contribution in [1.29, 1.82) is 0 Å². The number of nitrogens with zero attached hydrogens (tertiary/aromatic N) is 3. The third-order valence-corrected chi connectivity index (χ3v) is 7.76. The summed E-state index contributed by atoms with van der Waals surface area (Å²) >= 11 is 0. The van der Waals surface area contributed by atoms with Gasteiger partial charge in [0.15, 0.2) is 0 Å². The van der Waals surface area contributed by atoms with E-state index < -0.39 is 11.6 Å². The van der Waals surface area contributed by atoms with Gasteiger partial charge < -0.3 is 0 Å². The van der Waals surface area contributed by atoms with Gasteiger partial charge in [-0.05, 0) is 74.4 Å². The molecule has 231 valence electrons. The zero-order valence-corrected chi connectivity index (χ0v) is 29.0. The Hall–Kier alpha value is -3.47. The van der Waals surface area contributed by atoms with Crippen LogP contribution in [0.3, 0.4) is 0 Å². The summed E-state index contributed by atoms with van der Waals surface area (Å²) < 4.78 is 30.3. The minimum absolute atomic E-state index is 0. The van der Waals surface area contributed by atoms with E-state index >= 15 is 0 Å². The fraction of sp³-hybridized carbons (Fsp3) is 0.316. The van der Waals surface area contributed by atoms with Gasteiger partial charge in [0, 0.05) is 38.2 Å². The van der Waals surface area contributed by atoms with Crippen molar-refractivity contribution in [3.8, 4) is 33.6 Å². The Kier molecular flexibility index (Phi) is 10.1. The number of halogens is 2. The monoisotopic (exact) mass is 769 g/mol. The summed E-state index contributed by atoms with van der Waals surface area (Å²) in [6.07, 6.45) is 1.52. The number of aryl methyl sites for hydroxylation is 1. The minimum atomic E-state index is -0.705.